The molecule has 1 aliphatic rings. The largest absolute Gasteiger partial charge is 0.573 e. The summed E-state index contributed by atoms with van der Waals surface area (Å²) in [6.07, 6.45) is 2.72. The van der Waals surface area contributed by atoms with Crippen molar-refractivity contribution < 1.29 is 22.6 Å². The number of aromatic nitrogens is 5. The van der Waals surface area contributed by atoms with Gasteiger partial charge in [-0.3, -0.25) is 4.68 Å². The van der Waals surface area contributed by atoms with Crippen molar-refractivity contribution >= 4 is 5.82 Å². The van der Waals surface area contributed by atoms with Gasteiger partial charge >= 0.3 is 6.36 Å². The number of benzene rings is 1. The van der Waals surface area contributed by atoms with E-state index in [1.807, 2.05) is 29.9 Å². The molecule has 3 aromatic heterocycles. The zero-order valence-electron chi connectivity index (χ0n) is 21.2. The highest BCUT2D eigenvalue weighted by Gasteiger charge is 2.31. The molecule has 0 unspecified atom stereocenters. The summed E-state index contributed by atoms with van der Waals surface area (Å²) < 4.78 is 50.1. The number of alkyl halides is 3. The van der Waals surface area contributed by atoms with Gasteiger partial charge in [0.15, 0.2) is 0 Å². The van der Waals surface area contributed by atoms with Crippen LogP contribution < -0.4 is 9.64 Å². The molecule has 4 heterocycles. The van der Waals surface area contributed by atoms with Crippen molar-refractivity contribution in [3.05, 3.63) is 72.4 Å². The number of pyridine rings is 1. The number of imidazole rings is 1. The molecule has 4 aromatic rings. The third kappa shape index (κ3) is 6.16. The minimum atomic E-state index is -4.72. The van der Waals surface area contributed by atoms with Crippen molar-refractivity contribution in [1.29, 1.82) is 0 Å². The van der Waals surface area contributed by atoms with Gasteiger partial charge in [0, 0.05) is 50.6 Å². The molecule has 1 saturated heterocycles. The molecule has 0 bridgehead atoms. The first kappa shape index (κ1) is 25.8. The van der Waals surface area contributed by atoms with Crippen molar-refractivity contribution in [2.45, 2.75) is 32.7 Å². The molecule has 200 valence electrons. The van der Waals surface area contributed by atoms with Crippen molar-refractivity contribution in [2.24, 2.45) is 5.92 Å². The van der Waals surface area contributed by atoms with Gasteiger partial charge in [-0.2, -0.15) is 5.10 Å². The molecule has 0 aliphatic carbocycles. The van der Waals surface area contributed by atoms with E-state index in [0.29, 0.717) is 29.5 Å². The van der Waals surface area contributed by atoms with E-state index in [4.69, 9.17) is 9.84 Å². The van der Waals surface area contributed by atoms with E-state index in [1.165, 1.54) is 24.3 Å². The van der Waals surface area contributed by atoms with Gasteiger partial charge in [0.25, 0.3) is 0 Å². The maximum atomic E-state index is 12.4. The van der Waals surface area contributed by atoms with Crippen LogP contribution in [0.15, 0.2) is 61.2 Å². The van der Waals surface area contributed by atoms with Crippen LogP contribution in [0.2, 0.25) is 0 Å². The molecule has 0 radical (unpaired) electrons. The SMILES string of the molecule is COCC1CCN(c2cc(Cn3nc(-c4cn(-c5ccc(OC(F)(F)F)cc5)cn4)cc3C)ccn2)CC1. The Kier molecular flexibility index (Phi) is 7.37. The molecule has 0 saturated carbocycles. The van der Waals surface area contributed by atoms with Gasteiger partial charge in [-0.1, -0.05) is 0 Å². The van der Waals surface area contributed by atoms with Crippen LogP contribution in [0.5, 0.6) is 5.75 Å². The smallest absolute Gasteiger partial charge is 0.406 e. The highest BCUT2D eigenvalue weighted by atomic mass is 19.4. The molecule has 0 spiro atoms. The molecule has 0 N–H and O–H groups in total. The molecule has 8 nitrogen and oxygen atoms in total. The number of halogens is 3. The Morgan fingerprint density at radius 2 is 1.76 bits per heavy atom. The lowest BCUT2D eigenvalue weighted by molar-refractivity contribution is -0.274. The summed E-state index contributed by atoms with van der Waals surface area (Å²) in [5.41, 5.74) is 4.13. The molecular formula is C27H29F3N6O2. The highest BCUT2D eigenvalue weighted by molar-refractivity contribution is 5.55. The van der Waals surface area contributed by atoms with Crippen LogP contribution in [-0.4, -0.2) is 57.5 Å². The number of hydrogen-bond acceptors (Lipinski definition) is 6. The van der Waals surface area contributed by atoms with E-state index in [9.17, 15) is 13.2 Å². The van der Waals surface area contributed by atoms with Crippen LogP contribution in [0.1, 0.15) is 24.1 Å². The predicted octanol–water partition coefficient (Wildman–Crippen LogP) is 5.25. The van der Waals surface area contributed by atoms with Crippen LogP contribution in [0.25, 0.3) is 17.1 Å². The van der Waals surface area contributed by atoms with E-state index in [1.54, 1.807) is 24.2 Å². The molecule has 11 heteroatoms. The molecule has 5 rings (SSSR count). The van der Waals surface area contributed by atoms with Gasteiger partial charge in [-0.15, -0.1) is 13.2 Å². The van der Waals surface area contributed by atoms with Crippen molar-refractivity contribution in [3.8, 4) is 22.8 Å². The fourth-order valence-electron chi connectivity index (χ4n) is 4.68. The van der Waals surface area contributed by atoms with Crippen LogP contribution in [0.3, 0.4) is 0 Å². The van der Waals surface area contributed by atoms with E-state index in [2.05, 4.69) is 25.7 Å². The maximum Gasteiger partial charge on any atom is 0.573 e. The van der Waals surface area contributed by atoms with Crippen molar-refractivity contribution in [3.63, 3.8) is 0 Å². The van der Waals surface area contributed by atoms with E-state index < -0.39 is 6.36 Å². The summed E-state index contributed by atoms with van der Waals surface area (Å²) in [6, 6.07) is 11.7. The summed E-state index contributed by atoms with van der Waals surface area (Å²) in [5.74, 6) is 1.32. The molecule has 0 atom stereocenters. The molecule has 1 aromatic carbocycles. The summed E-state index contributed by atoms with van der Waals surface area (Å²) in [7, 11) is 1.75. The first-order chi connectivity index (χ1) is 18.3. The Bertz CT molecular complexity index is 1360. The number of hydrogen-bond donors (Lipinski definition) is 0. The Hall–Kier alpha value is -3.86. The molecule has 1 fully saturated rings. The number of anilines is 1. The zero-order chi connectivity index (χ0) is 26.7. The average molecular weight is 527 g/mol. The fraction of sp³-hybridized carbons (Fsp3) is 0.370. The van der Waals surface area contributed by atoms with Gasteiger partial charge in [-0.25, -0.2) is 9.97 Å². The second kappa shape index (κ2) is 10.9. The van der Waals surface area contributed by atoms with Crippen LogP contribution in [-0.2, 0) is 11.3 Å². The van der Waals surface area contributed by atoms with Gasteiger partial charge in [0.2, 0.25) is 0 Å². The van der Waals surface area contributed by atoms with Gasteiger partial charge in [0.1, 0.15) is 23.0 Å². The summed E-state index contributed by atoms with van der Waals surface area (Å²) in [4.78, 5) is 11.4. The fourth-order valence-corrected chi connectivity index (χ4v) is 4.68. The van der Waals surface area contributed by atoms with Crippen LogP contribution >= 0.6 is 0 Å². The van der Waals surface area contributed by atoms with Gasteiger partial charge < -0.3 is 18.9 Å². The number of rotatable bonds is 8. The minimum Gasteiger partial charge on any atom is -0.406 e. The molecular weight excluding hydrogens is 497 g/mol. The summed E-state index contributed by atoms with van der Waals surface area (Å²) in [6.45, 7) is 5.34. The van der Waals surface area contributed by atoms with Crippen LogP contribution in [0, 0.1) is 12.8 Å². The van der Waals surface area contributed by atoms with E-state index >= 15 is 0 Å². The lowest BCUT2D eigenvalue weighted by atomic mass is 9.98. The molecule has 1 aliphatic heterocycles. The van der Waals surface area contributed by atoms with Gasteiger partial charge in [0.05, 0.1) is 12.9 Å². The molecule has 38 heavy (non-hydrogen) atoms. The first-order valence-electron chi connectivity index (χ1n) is 12.4. The number of aryl methyl sites for hydroxylation is 1. The quantitative estimate of drug-likeness (QED) is 0.313. The third-order valence-electron chi connectivity index (χ3n) is 6.68. The standard InChI is InChI=1S/C27H29F3N6O2/c1-19-13-24(25-16-35(18-32-25)22-3-5-23(6-4-22)38-27(28,29)30)33-36(19)15-21-7-10-31-26(14-21)34-11-8-20(9-12-34)17-37-2/h3-7,10,13-14,16,18,20H,8-9,11-12,15,17H2,1-2H3. The summed E-state index contributed by atoms with van der Waals surface area (Å²) in [5, 5.41) is 4.76. The van der Waals surface area contributed by atoms with Crippen molar-refractivity contribution in [2.75, 3.05) is 31.7 Å². The van der Waals surface area contributed by atoms with E-state index in [0.717, 1.165) is 49.6 Å². The lowest BCUT2D eigenvalue weighted by Crippen LogP contribution is -2.35. The Morgan fingerprint density at radius 3 is 2.47 bits per heavy atom. The normalized spacial score (nSPS) is 14.7. The second-order valence-electron chi connectivity index (χ2n) is 9.44. The Labute approximate surface area is 218 Å². The van der Waals surface area contributed by atoms with Gasteiger partial charge in [-0.05, 0) is 73.7 Å². The third-order valence-corrected chi connectivity index (χ3v) is 6.68. The number of ether oxygens (including phenoxy) is 2. The monoisotopic (exact) mass is 526 g/mol. The average Bonchev–Trinajstić information content (AvgIpc) is 3.52. The number of piperidine rings is 1. The van der Waals surface area contributed by atoms with Crippen LogP contribution in [0.4, 0.5) is 19.0 Å². The minimum absolute atomic E-state index is 0.272. The highest BCUT2D eigenvalue weighted by Crippen LogP contribution is 2.26. The Morgan fingerprint density at radius 1 is 1.00 bits per heavy atom. The number of methoxy groups -OCH3 is 1. The maximum absolute atomic E-state index is 12.4. The zero-order valence-corrected chi connectivity index (χ0v) is 21.2. The number of nitrogens with zero attached hydrogens (tertiary/aromatic N) is 6. The molecule has 0 amide bonds. The van der Waals surface area contributed by atoms with Crippen molar-refractivity contribution in [1.82, 2.24) is 24.3 Å². The second-order valence-corrected chi connectivity index (χ2v) is 9.44. The predicted molar refractivity (Wildman–Crippen MR) is 136 cm³/mol. The lowest BCUT2D eigenvalue weighted by Gasteiger charge is -2.32. The Balaban J connectivity index is 1.26. The topological polar surface area (TPSA) is 70.2 Å². The first-order valence-corrected chi connectivity index (χ1v) is 12.4. The summed E-state index contributed by atoms with van der Waals surface area (Å²) >= 11 is 0. The van der Waals surface area contributed by atoms with E-state index in [-0.39, 0.29) is 5.75 Å².